The minimum atomic E-state index is -0.354. The lowest BCUT2D eigenvalue weighted by atomic mass is 9.93. The number of hydrogen-bond donors (Lipinski definition) is 1. The van der Waals surface area contributed by atoms with Gasteiger partial charge in [0, 0.05) is 44.1 Å². The number of halogens is 1. The molecule has 1 saturated heterocycles. The maximum atomic E-state index is 13.7. The number of ether oxygens (including phenoxy) is 1. The van der Waals surface area contributed by atoms with Crippen LogP contribution in [0.5, 0.6) is 0 Å². The van der Waals surface area contributed by atoms with Gasteiger partial charge in [0.2, 0.25) is 0 Å². The third kappa shape index (κ3) is 4.04. The van der Waals surface area contributed by atoms with Crippen LogP contribution in [0.2, 0.25) is 0 Å². The molecular formula is C19H25FN4O2. The summed E-state index contributed by atoms with van der Waals surface area (Å²) in [7, 11) is 1.80. The van der Waals surface area contributed by atoms with E-state index in [2.05, 4.69) is 17.3 Å². The third-order valence-electron chi connectivity index (χ3n) is 4.84. The van der Waals surface area contributed by atoms with E-state index in [4.69, 9.17) is 4.74 Å². The minimum Gasteiger partial charge on any atom is -0.375 e. The predicted molar refractivity (Wildman–Crippen MR) is 98.5 cm³/mol. The largest absolute Gasteiger partial charge is 0.375 e. The number of aryl methyl sites for hydroxylation is 1. The van der Waals surface area contributed by atoms with Gasteiger partial charge in [-0.15, -0.1) is 0 Å². The molecular weight excluding hydrogens is 335 g/mol. The number of nitrogens with one attached hydrogen (secondary N) is 1. The summed E-state index contributed by atoms with van der Waals surface area (Å²) in [4.78, 5) is 14.4. The normalized spacial score (nSPS) is 16.5. The van der Waals surface area contributed by atoms with Crippen LogP contribution in [0.3, 0.4) is 0 Å². The van der Waals surface area contributed by atoms with Gasteiger partial charge >= 0.3 is 6.03 Å². The Morgan fingerprint density at radius 2 is 2.12 bits per heavy atom. The number of nitrogens with zero attached hydrogens (tertiary/aromatic N) is 3. The van der Waals surface area contributed by atoms with Crippen LogP contribution >= 0.6 is 0 Å². The molecule has 2 amide bonds. The smallest absolute Gasteiger partial charge is 0.321 e. The summed E-state index contributed by atoms with van der Waals surface area (Å²) >= 11 is 0. The molecule has 2 heterocycles. The van der Waals surface area contributed by atoms with Crippen molar-refractivity contribution in [2.75, 3.05) is 25.0 Å². The first kappa shape index (κ1) is 18.4. The summed E-state index contributed by atoms with van der Waals surface area (Å²) < 4.78 is 21.2. The van der Waals surface area contributed by atoms with E-state index in [1.807, 2.05) is 6.92 Å². The zero-order valence-electron chi connectivity index (χ0n) is 15.5. The molecule has 6 nitrogen and oxygen atoms in total. The van der Waals surface area contributed by atoms with Gasteiger partial charge in [-0.2, -0.15) is 5.10 Å². The molecule has 0 aliphatic carbocycles. The predicted octanol–water partition coefficient (Wildman–Crippen LogP) is 3.65. The molecule has 1 fully saturated rings. The Hall–Kier alpha value is -2.41. The first-order valence-electron chi connectivity index (χ1n) is 8.89. The molecule has 26 heavy (non-hydrogen) atoms. The summed E-state index contributed by atoms with van der Waals surface area (Å²) in [5.41, 5.74) is 1.78. The van der Waals surface area contributed by atoms with Crippen LogP contribution in [0.15, 0.2) is 30.6 Å². The topological polar surface area (TPSA) is 59.4 Å². The third-order valence-corrected chi connectivity index (χ3v) is 4.84. The summed E-state index contributed by atoms with van der Waals surface area (Å²) in [5, 5.41) is 7.04. The van der Waals surface area contributed by atoms with Crippen LogP contribution in [0.1, 0.15) is 26.7 Å². The van der Waals surface area contributed by atoms with Gasteiger partial charge in [-0.3, -0.25) is 4.68 Å². The fourth-order valence-electron chi connectivity index (χ4n) is 3.29. The van der Waals surface area contributed by atoms with Crippen LogP contribution in [0.25, 0.3) is 11.1 Å². The number of benzene rings is 1. The lowest BCUT2D eigenvalue weighted by Gasteiger charge is -2.39. The van der Waals surface area contributed by atoms with Crippen LogP contribution < -0.4 is 5.32 Å². The molecule has 0 unspecified atom stereocenters. The number of rotatable bonds is 4. The second-order valence-corrected chi connectivity index (χ2v) is 6.89. The molecule has 1 aromatic carbocycles. The second-order valence-electron chi connectivity index (χ2n) is 6.89. The Morgan fingerprint density at radius 1 is 1.38 bits per heavy atom. The number of piperidine rings is 1. The summed E-state index contributed by atoms with van der Waals surface area (Å²) in [5.74, 6) is -0.354. The Balaban J connectivity index is 1.72. The first-order chi connectivity index (χ1) is 12.4. The fraction of sp³-hybridized carbons (Fsp3) is 0.474. The van der Waals surface area contributed by atoms with Gasteiger partial charge in [0.1, 0.15) is 5.82 Å². The lowest BCUT2D eigenvalue weighted by molar-refractivity contribution is -0.0589. The molecule has 1 aliphatic heterocycles. The van der Waals surface area contributed by atoms with Gasteiger partial charge in [-0.25, -0.2) is 9.18 Å². The SMILES string of the molecule is CCOC1(C)CCN(C(=O)Nc2ccc(F)cc2-c2cnn(C)c2)CC1. The van der Waals surface area contributed by atoms with Crippen molar-refractivity contribution in [1.82, 2.24) is 14.7 Å². The van der Waals surface area contributed by atoms with Crippen LogP contribution in [0, 0.1) is 5.82 Å². The van der Waals surface area contributed by atoms with Crippen molar-refractivity contribution in [1.29, 1.82) is 0 Å². The zero-order valence-corrected chi connectivity index (χ0v) is 15.5. The van der Waals surface area contributed by atoms with Gasteiger partial charge in [0.25, 0.3) is 0 Å². The van der Waals surface area contributed by atoms with E-state index < -0.39 is 0 Å². The van der Waals surface area contributed by atoms with E-state index >= 15 is 0 Å². The lowest BCUT2D eigenvalue weighted by Crippen LogP contribution is -2.47. The first-order valence-corrected chi connectivity index (χ1v) is 8.89. The number of urea groups is 1. The van der Waals surface area contributed by atoms with E-state index in [1.165, 1.54) is 12.1 Å². The number of anilines is 1. The standard InChI is InChI=1S/C19H25FN4O2/c1-4-26-19(2)7-9-24(10-8-19)18(25)22-17-6-5-15(20)11-16(17)14-12-21-23(3)13-14/h5-6,11-13H,4,7-10H2,1-3H3,(H,22,25). The Bertz CT molecular complexity index is 782. The highest BCUT2D eigenvalue weighted by molar-refractivity contribution is 5.94. The van der Waals surface area contributed by atoms with Crippen LogP contribution in [0.4, 0.5) is 14.9 Å². The molecule has 2 aromatic rings. The summed E-state index contributed by atoms with van der Waals surface area (Å²) in [6.45, 7) is 6.01. The van der Waals surface area contributed by atoms with Gasteiger partial charge in [-0.05, 0) is 44.9 Å². The molecule has 1 aliphatic rings. The summed E-state index contributed by atoms with van der Waals surface area (Å²) in [6.07, 6.45) is 5.04. The molecule has 7 heteroatoms. The highest BCUT2D eigenvalue weighted by Gasteiger charge is 2.32. The molecule has 0 radical (unpaired) electrons. The average Bonchev–Trinajstić information content (AvgIpc) is 3.03. The van der Waals surface area contributed by atoms with E-state index in [0.29, 0.717) is 30.9 Å². The average molecular weight is 360 g/mol. The number of hydrogen-bond acceptors (Lipinski definition) is 3. The number of carbonyl (C=O) groups excluding carboxylic acids is 1. The van der Waals surface area contributed by atoms with Crippen molar-refractivity contribution in [3.8, 4) is 11.1 Å². The molecule has 0 bridgehead atoms. The van der Waals surface area contributed by atoms with Crippen LogP contribution in [-0.4, -0.2) is 46.0 Å². The molecule has 1 aromatic heterocycles. The minimum absolute atomic E-state index is 0.164. The van der Waals surface area contributed by atoms with Gasteiger partial charge in [0.05, 0.1) is 17.5 Å². The molecule has 3 rings (SSSR count). The Labute approximate surface area is 152 Å². The second kappa shape index (κ2) is 7.45. The van der Waals surface area contributed by atoms with E-state index in [1.54, 1.807) is 35.1 Å². The zero-order chi connectivity index (χ0) is 18.7. The summed E-state index contributed by atoms with van der Waals surface area (Å²) in [6, 6.07) is 4.16. The molecule has 0 saturated carbocycles. The van der Waals surface area contributed by atoms with Crippen molar-refractivity contribution >= 4 is 11.7 Å². The highest BCUT2D eigenvalue weighted by atomic mass is 19.1. The molecule has 0 atom stereocenters. The fourth-order valence-corrected chi connectivity index (χ4v) is 3.29. The van der Waals surface area contributed by atoms with E-state index in [-0.39, 0.29) is 17.4 Å². The quantitative estimate of drug-likeness (QED) is 0.905. The van der Waals surface area contributed by atoms with E-state index in [0.717, 1.165) is 18.4 Å². The van der Waals surface area contributed by atoms with Gasteiger partial charge < -0.3 is 15.0 Å². The van der Waals surface area contributed by atoms with Crippen molar-refractivity contribution < 1.29 is 13.9 Å². The van der Waals surface area contributed by atoms with E-state index in [9.17, 15) is 9.18 Å². The maximum Gasteiger partial charge on any atom is 0.321 e. The Kier molecular flexibility index (Phi) is 5.27. The molecule has 140 valence electrons. The van der Waals surface area contributed by atoms with Crippen LogP contribution in [-0.2, 0) is 11.8 Å². The van der Waals surface area contributed by atoms with Crippen molar-refractivity contribution in [2.24, 2.45) is 7.05 Å². The van der Waals surface area contributed by atoms with Gasteiger partial charge in [-0.1, -0.05) is 0 Å². The number of amides is 2. The number of carbonyl (C=O) groups is 1. The van der Waals surface area contributed by atoms with Crippen molar-refractivity contribution in [2.45, 2.75) is 32.3 Å². The van der Waals surface area contributed by atoms with Gasteiger partial charge in [0.15, 0.2) is 0 Å². The number of aromatic nitrogens is 2. The monoisotopic (exact) mass is 360 g/mol. The molecule has 0 spiro atoms. The Morgan fingerprint density at radius 3 is 2.73 bits per heavy atom. The number of likely N-dealkylation sites (tertiary alicyclic amines) is 1. The molecule has 1 N–H and O–H groups in total. The van der Waals surface area contributed by atoms with Crippen molar-refractivity contribution in [3.63, 3.8) is 0 Å². The van der Waals surface area contributed by atoms with Crippen molar-refractivity contribution in [3.05, 3.63) is 36.4 Å². The highest BCUT2D eigenvalue weighted by Crippen LogP contribution is 2.30. The maximum absolute atomic E-state index is 13.7.